The molecule has 1 aliphatic heterocycles. The zero-order valence-electron chi connectivity index (χ0n) is 7.93. The van der Waals surface area contributed by atoms with Crippen molar-refractivity contribution in [1.29, 1.82) is 0 Å². The third kappa shape index (κ3) is 3.01. The predicted molar refractivity (Wildman–Crippen MR) is 50.0 cm³/mol. The molecule has 0 aromatic heterocycles. The van der Waals surface area contributed by atoms with Crippen LogP contribution in [0.15, 0.2) is 11.8 Å². The molecule has 0 atom stereocenters. The Kier molecular flexibility index (Phi) is 3.68. The van der Waals surface area contributed by atoms with Crippen molar-refractivity contribution in [3.63, 3.8) is 0 Å². The molecule has 0 bridgehead atoms. The van der Waals surface area contributed by atoms with Gasteiger partial charge in [0.1, 0.15) is 0 Å². The van der Waals surface area contributed by atoms with Gasteiger partial charge in [0, 0.05) is 0 Å². The van der Waals surface area contributed by atoms with Gasteiger partial charge in [-0.1, -0.05) is 25.8 Å². The van der Waals surface area contributed by atoms with Crippen LogP contribution < -0.4 is 5.32 Å². The van der Waals surface area contributed by atoms with Crippen LogP contribution in [0.5, 0.6) is 0 Å². The number of amides is 1. The lowest BCUT2D eigenvalue weighted by molar-refractivity contribution is -0.121. The van der Waals surface area contributed by atoms with E-state index in [1.54, 1.807) is 0 Å². The van der Waals surface area contributed by atoms with E-state index in [9.17, 15) is 9.59 Å². The molecule has 72 valence electrons. The van der Waals surface area contributed by atoms with Gasteiger partial charge in [-0.3, -0.25) is 9.59 Å². The monoisotopic (exact) mass is 181 g/mol. The van der Waals surface area contributed by atoms with Crippen molar-refractivity contribution in [1.82, 2.24) is 5.32 Å². The van der Waals surface area contributed by atoms with E-state index in [0.717, 1.165) is 12.8 Å². The molecule has 1 saturated heterocycles. The lowest BCUT2D eigenvalue weighted by Gasteiger charge is -1.95. The fourth-order valence-electron chi connectivity index (χ4n) is 1.31. The summed E-state index contributed by atoms with van der Waals surface area (Å²) in [6.45, 7) is 2.13. The second-order valence-corrected chi connectivity index (χ2v) is 3.26. The summed E-state index contributed by atoms with van der Waals surface area (Å²) < 4.78 is 0. The molecular formula is C10H15NO2. The van der Waals surface area contributed by atoms with Crippen LogP contribution in [0.25, 0.3) is 0 Å². The van der Waals surface area contributed by atoms with Gasteiger partial charge in [0.15, 0.2) is 5.78 Å². The number of hydrogen-bond acceptors (Lipinski definition) is 2. The third-order valence-corrected chi connectivity index (χ3v) is 2.05. The number of nitrogens with one attached hydrogen (secondary N) is 1. The molecular weight excluding hydrogens is 166 g/mol. The second kappa shape index (κ2) is 4.80. The molecule has 0 aromatic rings. The van der Waals surface area contributed by atoms with Gasteiger partial charge in [-0.25, -0.2) is 0 Å². The first kappa shape index (κ1) is 9.96. The van der Waals surface area contributed by atoms with Crippen LogP contribution in [0.1, 0.15) is 39.0 Å². The molecule has 3 nitrogen and oxygen atoms in total. The molecule has 0 aromatic carbocycles. The molecule has 1 N–H and O–H groups in total. The van der Waals surface area contributed by atoms with Crippen molar-refractivity contribution in [3.8, 4) is 0 Å². The average molecular weight is 181 g/mol. The number of Topliss-reactive ketones (excluding diaryl/α,β-unsaturated/α-hetero) is 1. The van der Waals surface area contributed by atoms with E-state index in [0.29, 0.717) is 5.70 Å². The van der Waals surface area contributed by atoms with Gasteiger partial charge in [-0.05, 0) is 12.8 Å². The van der Waals surface area contributed by atoms with Crippen LogP contribution in [-0.2, 0) is 9.59 Å². The Bertz CT molecular complexity index is 243. The minimum atomic E-state index is -0.174. The van der Waals surface area contributed by atoms with Gasteiger partial charge in [0.25, 0.3) is 0 Å². The van der Waals surface area contributed by atoms with Crippen LogP contribution >= 0.6 is 0 Å². The van der Waals surface area contributed by atoms with E-state index in [1.807, 2.05) is 6.08 Å². The highest BCUT2D eigenvalue weighted by molar-refractivity contribution is 6.14. The minimum absolute atomic E-state index is 0.0274. The van der Waals surface area contributed by atoms with Gasteiger partial charge < -0.3 is 5.32 Å². The Morgan fingerprint density at radius 2 is 2.15 bits per heavy atom. The maximum absolute atomic E-state index is 11.1. The largest absolute Gasteiger partial charge is 0.323 e. The molecule has 1 heterocycles. The smallest absolute Gasteiger partial charge is 0.232 e. The number of carbonyl (C=O) groups excluding carboxylic acids is 2. The Hall–Kier alpha value is -1.12. The van der Waals surface area contributed by atoms with E-state index in [-0.39, 0.29) is 18.1 Å². The molecule has 0 spiro atoms. The van der Waals surface area contributed by atoms with E-state index in [4.69, 9.17) is 0 Å². The van der Waals surface area contributed by atoms with Gasteiger partial charge >= 0.3 is 0 Å². The summed E-state index contributed by atoms with van der Waals surface area (Å²) in [5, 5.41) is 2.55. The fourth-order valence-corrected chi connectivity index (χ4v) is 1.31. The molecule has 1 amide bonds. The number of ketones is 1. The summed E-state index contributed by atoms with van der Waals surface area (Å²) in [6, 6.07) is 0. The zero-order chi connectivity index (χ0) is 9.68. The minimum Gasteiger partial charge on any atom is -0.323 e. The first-order valence-electron chi connectivity index (χ1n) is 4.77. The molecule has 1 fully saturated rings. The normalized spacial score (nSPS) is 19.6. The predicted octanol–water partition coefficient (Wildman–Crippen LogP) is 1.54. The Morgan fingerprint density at radius 3 is 2.69 bits per heavy atom. The first-order valence-corrected chi connectivity index (χ1v) is 4.77. The maximum atomic E-state index is 11.1. The molecule has 3 heteroatoms. The Balaban J connectivity index is 2.34. The molecule has 13 heavy (non-hydrogen) atoms. The molecule has 1 rings (SSSR count). The highest BCUT2D eigenvalue weighted by Crippen LogP contribution is 2.09. The third-order valence-electron chi connectivity index (χ3n) is 2.05. The topological polar surface area (TPSA) is 46.2 Å². The summed E-state index contributed by atoms with van der Waals surface area (Å²) >= 11 is 0. The van der Waals surface area contributed by atoms with E-state index in [2.05, 4.69) is 12.2 Å². The quantitative estimate of drug-likeness (QED) is 0.406. The molecule has 0 aliphatic carbocycles. The number of hydrogen-bond donors (Lipinski definition) is 1. The number of unbranched alkanes of at least 4 members (excludes halogenated alkanes) is 3. The SMILES string of the molecule is CCCCCC=C1NC(=O)CC1=O. The van der Waals surface area contributed by atoms with Crippen LogP contribution in [0.3, 0.4) is 0 Å². The summed E-state index contributed by atoms with van der Waals surface area (Å²) in [5.74, 6) is -0.242. The number of carbonyl (C=O) groups is 2. The Morgan fingerprint density at radius 1 is 1.38 bits per heavy atom. The van der Waals surface area contributed by atoms with Crippen molar-refractivity contribution < 1.29 is 9.59 Å². The van der Waals surface area contributed by atoms with Crippen molar-refractivity contribution >= 4 is 11.7 Å². The van der Waals surface area contributed by atoms with E-state index < -0.39 is 0 Å². The molecule has 0 radical (unpaired) electrons. The van der Waals surface area contributed by atoms with Crippen molar-refractivity contribution in [2.75, 3.05) is 0 Å². The fraction of sp³-hybridized carbons (Fsp3) is 0.600. The summed E-state index contributed by atoms with van der Waals surface area (Å²) in [7, 11) is 0. The van der Waals surface area contributed by atoms with Gasteiger partial charge in [-0.15, -0.1) is 0 Å². The highest BCUT2D eigenvalue weighted by Gasteiger charge is 2.22. The lowest BCUT2D eigenvalue weighted by Crippen LogP contribution is -2.12. The van der Waals surface area contributed by atoms with Crippen molar-refractivity contribution in [2.24, 2.45) is 0 Å². The van der Waals surface area contributed by atoms with Crippen molar-refractivity contribution in [2.45, 2.75) is 39.0 Å². The highest BCUT2D eigenvalue weighted by atomic mass is 16.2. The molecule has 0 unspecified atom stereocenters. The van der Waals surface area contributed by atoms with Crippen LogP contribution in [0.4, 0.5) is 0 Å². The van der Waals surface area contributed by atoms with Crippen LogP contribution in [0, 0.1) is 0 Å². The lowest BCUT2D eigenvalue weighted by atomic mass is 10.1. The summed E-state index contributed by atoms with van der Waals surface area (Å²) in [4.78, 5) is 21.9. The van der Waals surface area contributed by atoms with Crippen LogP contribution in [-0.4, -0.2) is 11.7 Å². The van der Waals surface area contributed by atoms with Crippen LogP contribution in [0.2, 0.25) is 0 Å². The number of allylic oxidation sites excluding steroid dienone is 2. The second-order valence-electron chi connectivity index (χ2n) is 3.26. The number of rotatable bonds is 4. The summed E-state index contributed by atoms with van der Waals surface area (Å²) in [6.07, 6.45) is 6.18. The summed E-state index contributed by atoms with van der Waals surface area (Å²) in [5.41, 5.74) is 0.501. The maximum Gasteiger partial charge on any atom is 0.232 e. The van der Waals surface area contributed by atoms with E-state index in [1.165, 1.54) is 12.8 Å². The molecule has 1 aliphatic rings. The average Bonchev–Trinajstić information content (AvgIpc) is 2.39. The van der Waals surface area contributed by atoms with Crippen molar-refractivity contribution in [3.05, 3.63) is 11.8 Å². The van der Waals surface area contributed by atoms with E-state index >= 15 is 0 Å². The van der Waals surface area contributed by atoms with Gasteiger partial charge in [-0.2, -0.15) is 0 Å². The first-order chi connectivity index (χ1) is 6.24. The zero-order valence-corrected chi connectivity index (χ0v) is 7.93. The Labute approximate surface area is 78.2 Å². The standard InChI is InChI=1S/C10H15NO2/c1-2-3-4-5-6-8-9(12)7-10(13)11-8/h6H,2-5,7H2,1H3,(H,11,13). The van der Waals surface area contributed by atoms with Gasteiger partial charge in [0.05, 0.1) is 12.1 Å². The molecule has 0 saturated carbocycles. The van der Waals surface area contributed by atoms with Gasteiger partial charge in [0.2, 0.25) is 5.91 Å².